The molecule has 0 spiro atoms. The van der Waals surface area contributed by atoms with Gasteiger partial charge in [-0.2, -0.15) is 0 Å². The van der Waals surface area contributed by atoms with Gasteiger partial charge in [0.05, 0.1) is 0 Å². The summed E-state index contributed by atoms with van der Waals surface area (Å²) in [4.78, 5) is 0. The predicted octanol–water partition coefficient (Wildman–Crippen LogP) is 4.88. The fourth-order valence-electron chi connectivity index (χ4n) is 4.00. The molecule has 0 aliphatic carbocycles. The van der Waals surface area contributed by atoms with E-state index in [1.165, 1.54) is 11.1 Å². The summed E-state index contributed by atoms with van der Waals surface area (Å²) in [5.41, 5.74) is 2.20. The van der Waals surface area contributed by atoms with Crippen LogP contribution >= 0.6 is 0 Å². The second kappa shape index (κ2) is 8.02. The third kappa shape index (κ3) is 3.87. The number of piperidine rings is 1. The molecule has 0 amide bonds. The molecule has 4 atom stereocenters. The molecule has 140 valence electrons. The van der Waals surface area contributed by atoms with Crippen molar-refractivity contribution in [2.45, 2.75) is 31.0 Å². The van der Waals surface area contributed by atoms with Gasteiger partial charge in [-0.1, -0.05) is 97.6 Å². The van der Waals surface area contributed by atoms with Gasteiger partial charge in [-0.15, -0.1) is 0 Å². The quantitative estimate of drug-likeness (QED) is 0.633. The van der Waals surface area contributed by atoms with E-state index in [1.54, 1.807) is 0 Å². The number of hydrogen-bond acceptors (Lipinski definition) is 2. The van der Waals surface area contributed by atoms with Crippen LogP contribution in [0.5, 0.6) is 0 Å². The van der Waals surface area contributed by atoms with E-state index in [0.29, 0.717) is 6.42 Å². The zero-order chi connectivity index (χ0) is 19.4. The maximum atomic E-state index is 11.7. The van der Waals surface area contributed by atoms with Gasteiger partial charge in [0.25, 0.3) is 0 Å². The molecular formula is C26H25NO. The van der Waals surface area contributed by atoms with Crippen LogP contribution in [0.25, 0.3) is 0 Å². The van der Waals surface area contributed by atoms with Crippen molar-refractivity contribution in [1.29, 1.82) is 0 Å². The summed E-state index contributed by atoms with van der Waals surface area (Å²) >= 11 is 0. The van der Waals surface area contributed by atoms with E-state index in [0.717, 1.165) is 5.56 Å². The fourth-order valence-corrected chi connectivity index (χ4v) is 4.00. The molecule has 0 aromatic heterocycles. The van der Waals surface area contributed by atoms with E-state index in [9.17, 15) is 5.11 Å². The predicted molar refractivity (Wildman–Crippen MR) is 114 cm³/mol. The molecule has 0 radical (unpaired) electrons. The van der Waals surface area contributed by atoms with Gasteiger partial charge in [0, 0.05) is 30.0 Å². The average Bonchev–Trinajstić information content (AvgIpc) is 2.76. The molecule has 1 heterocycles. The fraction of sp³-hybridized carbons (Fsp3) is 0.231. The smallest absolute Gasteiger partial charge is 0.132 e. The molecule has 28 heavy (non-hydrogen) atoms. The Hall–Kier alpha value is -2.86. The van der Waals surface area contributed by atoms with E-state index in [2.05, 4.69) is 48.3 Å². The van der Waals surface area contributed by atoms with Crippen LogP contribution in [0.3, 0.4) is 0 Å². The van der Waals surface area contributed by atoms with E-state index in [1.807, 2.05) is 66.7 Å². The molecule has 0 unspecified atom stereocenters. The van der Waals surface area contributed by atoms with Crippen LogP contribution < -0.4 is 5.32 Å². The highest BCUT2D eigenvalue weighted by Gasteiger charge is 2.45. The van der Waals surface area contributed by atoms with E-state index < -0.39 is 5.60 Å². The van der Waals surface area contributed by atoms with Crippen molar-refractivity contribution in [2.75, 3.05) is 0 Å². The van der Waals surface area contributed by atoms with Crippen LogP contribution in [0.4, 0.5) is 0 Å². The third-order valence-electron chi connectivity index (χ3n) is 5.71. The normalized spacial score (nSPS) is 26.9. The Labute approximate surface area is 167 Å². The molecule has 2 N–H and O–H groups in total. The molecule has 1 aliphatic rings. The van der Waals surface area contributed by atoms with Crippen molar-refractivity contribution in [3.05, 3.63) is 108 Å². The van der Waals surface area contributed by atoms with Gasteiger partial charge in [-0.05, 0) is 23.3 Å². The number of benzene rings is 3. The SMILES string of the molecule is C[C@@H]1[C@@H](c2ccccc2)N[C@H](c2ccccc2)C[C@]1(O)C#Cc1ccccc1. The van der Waals surface area contributed by atoms with Crippen LogP contribution in [-0.4, -0.2) is 10.7 Å². The summed E-state index contributed by atoms with van der Waals surface area (Å²) < 4.78 is 0. The summed E-state index contributed by atoms with van der Waals surface area (Å²) in [6.45, 7) is 2.09. The van der Waals surface area contributed by atoms with Crippen molar-refractivity contribution in [3.8, 4) is 11.8 Å². The van der Waals surface area contributed by atoms with Crippen LogP contribution in [0.2, 0.25) is 0 Å². The number of aliphatic hydroxyl groups is 1. The Bertz CT molecular complexity index is 959. The second-order valence-corrected chi connectivity index (χ2v) is 7.55. The van der Waals surface area contributed by atoms with Gasteiger partial charge in [0.1, 0.15) is 5.60 Å². The van der Waals surface area contributed by atoms with Gasteiger partial charge < -0.3 is 10.4 Å². The van der Waals surface area contributed by atoms with Crippen molar-refractivity contribution >= 4 is 0 Å². The van der Waals surface area contributed by atoms with E-state index in [4.69, 9.17) is 0 Å². The largest absolute Gasteiger partial charge is 0.377 e. The molecule has 1 fully saturated rings. The molecule has 4 rings (SSSR count). The van der Waals surface area contributed by atoms with Gasteiger partial charge in [-0.25, -0.2) is 0 Å². The maximum Gasteiger partial charge on any atom is 0.132 e. The summed E-state index contributed by atoms with van der Waals surface area (Å²) in [5.74, 6) is 6.38. The van der Waals surface area contributed by atoms with Crippen LogP contribution in [0.15, 0.2) is 91.0 Å². The zero-order valence-electron chi connectivity index (χ0n) is 16.0. The number of hydrogen-bond donors (Lipinski definition) is 2. The minimum Gasteiger partial charge on any atom is -0.377 e. The number of nitrogens with one attached hydrogen (secondary N) is 1. The van der Waals surface area contributed by atoms with Gasteiger partial charge in [0.2, 0.25) is 0 Å². The topological polar surface area (TPSA) is 32.3 Å². The van der Waals surface area contributed by atoms with Crippen LogP contribution in [0, 0.1) is 17.8 Å². The van der Waals surface area contributed by atoms with Crippen molar-refractivity contribution in [1.82, 2.24) is 5.32 Å². The van der Waals surface area contributed by atoms with Crippen molar-refractivity contribution < 1.29 is 5.11 Å². The summed E-state index contributed by atoms with van der Waals surface area (Å²) in [6.07, 6.45) is 0.557. The molecule has 2 nitrogen and oxygen atoms in total. The molecule has 2 heteroatoms. The summed E-state index contributed by atoms with van der Waals surface area (Å²) in [5, 5.41) is 15.4. The van der Waals surface area contributed by atoms with Crippen molar-refractivity contribution in [3.63, 3.8) is 0 Å². The monoisotopic (exact) mass is 367 g/mol. The third-order valence-corrected chi connectivity index (χ3v) is 5.71. The molecule has 0 bridgehead atoms. The minimum atomic E-state index is -1.08. The standard InChI is InChI=1S/C26H25NO/c1-20-25(23-15-9-4-10-16-23)27-24(22-13-7-3-8-14-22)19-26(20,28)18-17-21-11-5-2-6-12-21/h2-16,20,24-25,27-28H,19H2,1H3/t20-,24+,25+,26-/m1/s1. The first-order valence-corrected chi connectivity index (χ1v) is 9.82. The first-order chi connectivity index (χ1) is 13.7. The first-order valence-electron chi connectivity index (χ1n) is 9.82. The Morgan fingerprint density at radius 2 is 1.36 bits per heavy atom. The molecule has 3 aromatic carbocycles. The lowest BCUT2D eigenvalue weighted by Crippen LogP contribution is -2.51. The van der Waals surface area contributed by atoms with Crippen molar-refractivity contribution in [2.24, 2.45) is 5.92 Å². The number of rotatable bonds is 2. The second-order valence-electron chi connectivity index (χ2n) is 7.55. The van der Waals surface area contributed by atoms with E-state index in [-0.39, 0.29) is 18.0 Å². The highest BCUT2D eigenvalue weighted by atomic mass is 16.3. The summed E-state index contributed by atoms with van der Waals surface area (Å²) in [6, 6.07) is 30.6. The maximum absolute atomic E-state index is 11.7. The minimum absolute atomic E-state index is 0.0234. The van der Waals surface area contributed by atoms with Gasteiger partial charge in [0.15, 0.2) is 0 Å². The van der Waals surface area contributed by atoms with Gasteiger partial charge in [-0.3, -0.25) is 0 Å². The molecule has 0 saturated carbocycles. The molecule has 3 aromatic rings. The van der Waals surface area contributed by atoms with E-state index >= 15 is 0 Å². The van der Waals surface area contributed by atoms with Crippen LogP contribution in [0.1, 0.15) is 42.1 Å². The highest BCUT2D eigenvalue weighted by Crippen LogP contribution is 2.42. The summed E-state index contributed by atoms with van der Waals surface area (Å²) in [7, 11) is 0. The lowest BCUT2D eigenvalue weighted by atomic mass is 9.72. The lowest BCUT2D eigenvalue weighted by molar-refractivity contribution is -0.0196. The highest BCUT2D eigenvalue weighted by molar-refractivity contribution is 5.38. The first kappa shape index (κ1) is 18.5. The van der Waals surface area contributed by atoms with Crippen LogP contribution in [-0.2, 0) is 0 Å². The Morgan fingerprint density at radius 3 is 1.96 bits per heavy atom. The average molecular weight is 367 g/mol. The molecule has 1 aliphatic heterocycles. The van der Waals surface area contributed by atoms with Gasteiger partial charge >= 0.3 is 0 Å². The Morgan fingerprint density at radius 1 is 0.821 bits per heavy atom. The lowest BCUT2D eigenvalue weighted by Gasteiger charge is -2.45. The Balaban J connectivity index is 1.72. The Kier molecular flexibility index (Phi) is 5.30. The molecule has 1 saturated heterocycles. The molecular weight excluding hydrogens is 342 g/mol. The zero-order valence-corrected chi connectivity index (χ0v) is 16.0.